The number of benzene rings is 2. The molecule has 0 spiro atoms. The number of carbonyl (C=O) groups is 1. The molecule has 0 atom stereocenters. The van der Waals surface area contributed by atoms with Crippen molar-refractivity contribution in [1.82, 2.24) is 25.0 Å². The summed E-state index contributed by atoms with van der Waals surface area (Å²) in [5.41, 5.74) is 2.86. The van der Waals surface area contributed by atoms with Gasteiger partial charge in [-0.1, -0.05) is 46.8 Å². The van der Waals surface area contributed by atoms with Gasteiger partial charge in [0.2, 0.25) is 5.91 Å². The van der Waals surface area contributed by atoms with Crippen molar-refractivity contribution in [3.05, 3.63) is 65.4 Å². The van der Waals surface area contributed by atoms with Crippen molar-refractivity contribution in [3.63, 3.8) is 0 Å². The smallest absolute Gasteiger partial charge is 0.234 e. The molecule has 0 aliphatic heterocycles. The van der Waals surface area contributed by atoms with E-state index in [2.05, 4.69) is 25.6 Å². The Morgan fingerprint density at radius 1 is 1.20 bits per heavy atom. The molecule has 2 heterocycles. The monoisotopic (exact) mass is 440 g/mol. The van der Waals surface area contributed by atoms with Crippen LogP contribution in [0, 0.1) is 0 Å². The van der Waals surface area contributed by atoms with E-state index >= 15 is 0 Å². The van der Waals surface area contributed by atoms with Gasteiger partial charge in [0.25, 0.3) is 0 Å². The normalized spacial score (nSPS) is 10.9. The van der Waals surface area contributed by atoms with Crippen LogP contribution in [0.4, 0.5) is 5.69 Å². The number of carbonyl (C=O) groups excluding carboxylic acids is 1. The standard InChI is InChI=1S/C20H17ClN6O2S/c1-29-16-4-2-3-15(9-16)24-17(28)11-30-20-18-19(22-12-23-20)27(26-25-18)10-13-5-7-14(21)8-6-13/h2-9,12H,10-11H2,1H3,(H,24,28). The van der Waals surface area contributed by atoms with Gasteiger partial charge in [-0.25, -0.2) is 14.6 Å². The van der Waals surface area contributed by atoms with Crippen molar-refractivity contribution in [2.45, 2.75) is 11.6 Å². The molecule has 0 fully saturated rings. The van der Waals surface area contributed by atoms with Gasteiger partial charge in [0.15, 0.2) is 11.2 Å². The maximum Gasteiger partial charge on any atom is 0.234 e. The lowest BCUT2D eigenvalue weighted by Crippen LogP contribution is -2.14. The van der Waals surface area contributed by atoms with Crippen LogP contribution in [-0.2, 0) is 11.3 Å². The summed E-state index contributed by atoms with van der Waals surface area (Å²) in [5.74, 6) is 0.691. The number of hydrogen-bond acceptors (Lipinski definition) is 7. The van der Waals surface area contributed by atoms with E-state index in [0.29, 0.717) is 39.2 Å². The number of rotatable bonds is 7. The van der Waals surface area contributed by atoms with Crippen molar-refractivity contribution in [1.29, 1.82) is 0 Å². The number of methoxy groups -OCH3 is 1. The summed E-state index contributed by atoms with van der Waals surface area (Å²) >= 11 is 7.22. The quantitative estimate of drug-likeness (QED) is 0.346. The molecule has 4 rings (SSSR count). The number of amides is 1. The molecule has 8 nitrogen and oxygen atoms in total. The van der Waals surface area contributed by atoms with E-state index in [1.165, 1.54) is 18.1 Å². The van der Waals surface area contributed by atoms with Gasteiger partial charge in [0.1, 0.15) is 17.1 Å². The predicted octanol–water partition coefficient (Wildman–Crippen LogP) is 3.66. The summed E-state index contributed by atoms with van der Waals surface area (Å²) in [7, 11) is 1.58. The number of hydrogen-bond donors (Lipinski definition) is 1. The highest BCUT2D eigenvalue weighted by Gasteiger charge is 2.14. The van der Waals surface area contributed by atoms with Crippen LogP contribution in [0.2, 0.25) is 5.02 Å². The van der Waals surface area contributed by atoms with Crippen LogP contribution in [-0.4, -0.2) is 43.7 Å². The van der Waals surface area contributed by atoms with E-state index in [-0.39, 0.29) is 11.7 Å². The Morgan fingerprint density at radius 2 is 2.03 bits per heavy atom. The molecule has 4 aromatic rings. The summed E-state index contributed by atoms with van der Waals surface area (Å²) in [6, 6.07) is 14.7. The molecule has 2 aromatic carbocycles. The van der Waals surface area contributed by atoms with Crippen molar-refractivity contribution >= 4 is 46.1 Å². The van der Waals surface area contributed by atoms with Crippen molar-refractivity contribution in [2.75, 3.05) is 18.2 Å². The summed E-state index contributed by atoms with van der Waals surface area (Å²) in [6.07, 6.45) is 1.45. The van der Waals surface area contributed by atoms with E-state index in [1.807, 2.05) is 36.4 Å². The average molecular weight is 441 g/mol. The number of aromatic nitrogens is 5. The van der Waals surface area contributed by atoms with Gasteiger partial charge in [0, 0.05) is 16.8 Å². The molecule has 1 amide bonds. The van der Waals surface area contributed by atoms with E-state index in [1.54, 1.807) is 23.9 Å². The van der Waals surface area contributed by atoms with Gasteiger partial charge >= 0.3 is 0 Å². The SMILES string of the molecule is COc1cccc(NC(=O)CSc2ncnc3c2nnn3Cc2ccc(Cl)cc2)c1. The predicted molar refractivity (Wildman–Crippen MR) is 116 cm³/mol. The Labute approximate surface area is 181 Å². The molecular weight excluding hydrogens is 424 g/mol. The van der Waals surface area contributed by atoms with Crippen LogP contribution < -0.4 is 10.1 Å². The van der Waals surface area contributed by atoms with Gasteiger partial charge in [-0.2, -0.15) is 0 Å². The second-order valence-corrected chi connectivity index (χ2v) is 7.69. The summed E-state index contributed by atoms with van der Waals surface area (Å²) < 4.78 is 6.86. The van der Waals surface area contributed by atoms with Gasteiger partial charge in [-0.15, -0.1) is 5.10 Å². The third kappa shape index (κ3) is 4.69. The Morgan fingerprint density at radius 3 is 2.83 bits per heavy atom. The highest BCUT2D eigenvalue weighted by Crippen LogP contribution is 2.24. The Balaban J connectivity index is 1.44. The van der Waals surface area contributed by atoms with Crippen LogP contribution in [0.25, 0.3) is 11.2 Å². The molecule has 30 heavy (non-hydrogen) atoms. The second kappa shape index (κ2) is 9.10. The highest BCUT2D eigenvalue weighted by atomic mass is 35.5. The maximum atomic E-state index is 12.3. The first-order chi connectivity index (χ1) is 14.6. The van der Waals surface area contributed by atoms with E-state index < -0.39 is 0 Å². The number of fused-ring (bicyclic) bond motifs is 1. The molecule has 152 valence electrons. The van der Waals surface area contributed by atoms with Crippen LogP contribution in [0.5, 0.6) is 5.75 Å². The average Bonchev–Trinajstić information content (AvgIpc) is 3.17. The molecule has 0 aliphatic carbocycles. The van der Waals surface area contributed by atoms with Gasteiger partial charge in [-0.3, -0.25) is 4.79 Å². The minimum atomic E-state index is -0.159. The third-order valence-electron chi connectivity index (χ3n) is 4.21. The first-order valence-corrected chi connectivity index (χ1v) is 10.3. The molecule has 10 heteroatoms. The summed E-state index contributed by atoms with van der Waals surface area (Å²) in [6.45, 7) is 0.505. The largest absolute Gasteiger partial charge is 0.497 e. The first-order valence-electron chi connectivity index (χ1n) is 8.98. The Kier molecular flexibility index (Phi) is 6.10. The highest BCUT2D eigenvalue weighted by molar-refractivity contribution is 8.00. The molecule has 1 N–H and O–H groups in total. The minimum absolute atomic E-state index is 0.159. The zero-order valence-electron chi connectivity index (χ0n) is 15.9. The zero-order chi connectivity index (χ0) is 20.9. The molecule has 0 unspecified atom stereocenters. The fourth-order valence-electron chi connectivity index (χ4n) is 2.78. The first kappa shape index (κ1) is 20.1. The van der Waals surface area contributed by atoms with E-state index in [4.69, 9.17) is 16.3 Å². The number of thioether (sulfide) groups is 1. The third-order valence-corrected chi connectivity index (χ3v) is 5.44. The Bertz CT molecular complexity index is 1180. The summed E-state index contributed by atoms with van der Waals surface area (Å²) in [4.78, 5) is 20.9. The topological polar surface area (TPSA) is 94.8 Å². The van der Waals surface area contributed by atoms with E-state index in [0.717, 1.165) is 5.56 Å². The Hall–Kier alpha value is -3.17. The van der Waals surface area contributed by atoms with E-state index in [9.17, 15) is 4.79 Å². The van der Waals surface area contributed by atoms with Crippen molar-refractivity contribution in [3.8, 4) is 5.75 Å². The van der Waals surface area contributed by atoms with Crippen LogP contribution >= 0.6 is 23.4 Å². The summed E-state index contributed by atoms with van der Waals surface area (Å²) in [5, 5.41) is 12.5. The lowest BCUT2D eigenvalue weighted by molar-refractivity contribution is -0.113. The molecule has 0 aliphatic rings. The van der Waals surface area contributed by atoms with Crippen LogP contribution in [0.3, 0.4) is 0 Å². The van der Waals surface area contributed by atoms with Crippen molar-refractivity contribution < 1.29 is 9.53 Å². The molecular formula is C20H17ClN6O2S. The van der Waals surface area contributed by atoms with Gasteiger partial charge in [0.05, 0.1) is 19.4 Å². The van der Waals surface area contributed by atoms with Crippen molar-refractivity contribution in [2.24, 2.45) is 0 Å². The second-order valence-electron chi connectivity index (χ2n) is 6.29. The van der Waals surface area contributed by atoms with Crippen LogP contribution in [0.1, 0.15) is 5.56 Å². The fraction of sp³-hybridized carbons (Fsp3) is 0.150. The lowest BCUT2D eigenvalue weighted by Gasteiger charge is -2.07. The lowest BCUT2D eigenvalue weighted by atomic mass is 10.2. The molecule has 0 saturated carbocycles. The maximum absolute atomic E-state index is 12.3. The van der Waals surface area contributed by atoms with Gasteiger partial charge in [-0.05, 0) is 29.8 Å². The number of anilines is 1. The number of nitrogens with one attached hydrogen (secondary N) is 1. The molecule has 2 aromatic heterocycles. The minimum Gasteiger partial charge on any atom is -0.497 e. The molecule has 0 bridgehead atoms. The van der Waals surface area contributed by atoms with Gasteiger partial charge < -0.3 is 10.1 Å². The molecule has 0 radical (unpaired) electrons. The fourth-order valence-corrected chi connectivity index (χ4v) is 3.63. The number of nitrogens with zero attached hydrogens (tertiary/aromatic N) is 5. The number of halogens is 1. The number of ether oxygens (including phenoxy) is 1. The zero-order valence-corrected chi connectivity index (χ0v) is 17.5. The molecule has 0 saturated heterocycles. The van der Waals surface area contributed by atoms with Crippen LogP contribution in [0.15, 0.2) is 59.9 Å².